The summed E-state index contributed by atoms with van der Waals surface area (Å²) in [4.78, 5) is 13.8. The standard InChI is InChI=1S/C10H14N2O4S/c1-6-4-7(12(15)16)5-11-9(6)10(14)8(13)2-3-17/h4-5,8,10,13-14,17H,2-3H2,1H3. The van der Waals surface area contributed by atoms with Gasteiger partial charge in [-0.15, -0.1) is 0 Å². The van der Waals surface area contributed by atoms with Crippen LogP contribution in [0.5, 0.6) is 0 Å². The topological polar surface area (TPSA) is 96.5 Å². The van der Waals surface area contributed by atoms with Crippen LogP contribution < -0.4 is 0 Å². The van der Waals surface area contributed by atoms with Gasteiger partial charge in [0.1, 0.15) is 12.3 Å². The first-order valence-electron chi connectivity index (χ1n) is 5.05. The van der Waals surface area contributed by atoms with E-state index in [1.807, 2.05) is 0 Å². The summed E-state index contributed by atoms with van der Waals surface area (Å²) >= 11 is 3.96. The van der Waals surface area contributed by atoms with Crippen LogP contribution in [0.1, 0.15) is 23.8 Å². The molecule has 1 aromatic heterocycles. The second-order valence-corrected chi connectivity index (χ2v) is 4.12. The number of hydrogen-bond donors (Lipinski definition) is 3. The molecule has 0 aliphatic rings. The fourth-order valence-electron chi connectivity index (χ4n) is 1.45. The van der Waals surface area contributed by atoms with Gasteiger partial charge in [-0.3, -0.25) is 15.1 Å². The number of thiol groups is 1. The van der Waals surface area contributed by atoms with Crippen molar-refractivity contribution in [3.05, 3.63) is 33.6 Å². The number of nitrogens with zero attached hydrogens (tertiary/aromatic N) is 2. The quantitative estimate of drug-likeness (QED) is 0.416. The van der Waals surface area contributed by atoms with E-state index in [9.17, 15) is 20.3 Å². The van der Waals surface area contributed by atoms with Crippen LogP contribution in [0.4, 0.5) is 5.69 Å². The Hall–Kier alpha value is -1.18. The van der Waals surface area contributed by atoms with Crippen molar-refractivity contribution in [2.24, 2.45) is 0 Å². The van der Waals surface area contributed by atoms with Crippen molar-refractivity contribution in [3.8, 4) is 0 Å². The average molecular weight is 258 g/mol. The number of aromatic nitrogens is 1. The van der Waals surface area contributed by atoms with Gasteiger partial charge >= 0.3 is 0 Å². The molecule has 1 heterocycles. The van der Waals surface area contributed by atoms with E-state index in [1.54, 1.807) is 6.92 Å². The van der Waals surface area contributed by atoms with E-state index < -0.39 is 17.1 Å². The summed E-state index contributed by atoms with van der Waals surface area (Å²) in [5.74, 6) is 0.435. The van der Waals surface area contributed by atoms with Gasteiger partial charge in [0.2, 0.25) is 0 Å². The Labute approximate surface area is 104 Å². The van der Waals surface area contributed by atoms with Crippen LogP contribution >= 0.6 is 12.6 Å². The molecule has 0 radical (unpaired) electrons. The van der Waals surface area contributed by atoms with Crippen LogP contribution in [-0.2, 0) is 0 Å². The Morgan fingerprint density at radius 1 is 1.59 bits per heavy atom. The minimum Gasteiger partial charge on any atom is -0.390 e. The second-order valence-electron chi connectivity index (χ2n) is 3.68. The summed E-state index contributed by atoms with van der Waals surface area (Å²) in [5, 5.41) is 29.9. The van der Waals surface area contributed by atoms with E-state index in [0.717, 1.165) is 6.20 Å². The molecule has 6 nitrogen and oxygen atoms in total. The zero-order valence-corrected chi connectivity index (χ0v) is 10.2. The second kappa shape index (κ2) is 5.95. The van der Waals surface area contributed by atoms with Gasteiger partial charge in [-0.05, 0) is 24.7 Å². The number of aliphatic hydroxyl groups is 2. The number of aryl methyl sites for hydroxylation is 1. The highest BCUT2D eigenvalue weighted by Gasteiger charge is 2.22. The third-order valence-electron chi connectivity index (χ3n) is 2.38. The first-order valence-corrected chi connectivity index (χ1v) is 5.68. The Kier molecular flexibility index (Phi) is 4.86. The molecule has 2 unspecified atom stereocenters. The van der Waals surface area contributed by atoms with Crippen LogP contribution in [0, 0.1) is 17.0 Å². The van der Waals surface area contributed by atoms with Gasteiger partial charge in [0.05, 0.1) is 16.7 Å². The lowest BCUT2D eigenvalue weighted by molar-refractivity contribution is -0.385. The molecular weight excluding hydrogens is 244 g/mol. The molecule has 0 amide bonds. The summed E-state index contributed by atoms with van der Waals surface area (Å²) in [5.41, 5.74) is 0.594. The highest BCUT2D eigenvalue weighted by atomic mass is 32.1. The van der Waals surface area contributed by atoms with Gasteiger partial charge in [-0.2, -0.15) is 12.6 Å². The molecular formula is C10H14N2O4S. The fraction of sp³-hybridized carbons (Fsp3) is 0.500. The smallest absolute Gasteiger partial charge is 0.287 e. The molecule has 1 aromatic rings. The number of rotatable bonds is 5. The molecule has 0 aliphatic carbocycles. The van der Waals surface area contributed by atoms with E-state index in [2.05, 4.69) is 17.6 Å². The van der Waals surface area contributed by atoms with Crippen molar-refractivity contribution in [1.29, 1.82) is 0 Å². The third kappa shape index (κ3) is 3.39. The van der Waals surface area contributed by atoms with E-state index in [1.165, 1.54) is 6.07 Å². The molecule has 0 aromatic carbocycles. The zero-order valence-electron chi connectivity index (χ0n) is 9.28. The predicted octanol–water partition coefficient (Wildman–Crippen LogP) is 1.01. The summed E-state index contributed by atoms with van der Waals surface area (Å²) < 4.78 is 0. The summed E-state index contributed by atoms with van der Waals surface area (Å²) in [6.45, 7) is 1.60. The van der Waals surface area contributed by atoms with E-state index in [4.69, 9.17) is 0 Å². The van der Waals surface area contributed by atoms with Crippen molar-refractivity contribution in [2.45, 2.75) is 25.6 Å². The molecule has 0 spiro atoms. The van der Waals surface area contributed by atoms with Crippen molar-refractivity contribution in [2.75, 3.05) is 5.75 Å². The van der Waals surface area contributed by atoms with Crippen LogP contribution in [0.15, 0.2) is 12.3 Å². The van der Waals surface area contributed by atoms with Crippen molar-refractivity contribution >= 4 is 18.3 Å². The lowest BCUT2D eigenvalue weighted by atomic mass is 10.0. The van der Waals surface area contributed by atoms with Gasteiger partial charge in [0.25, 0.3) is 5.69 Å². The van der Waals surface area contributed by atoms with Gasteiger partial charge in [-0.1, -0.05) is 0 Å². The van der Waals surface area contributed by atoms with Crippen LogP contribution in [0.25, 0.3) is 0 Å². The normalized spacial score (nSPS) is 14.4. The molecule has 2 N–H and O–H groups in total. The molecule has 0 saturated carbocycles. The predicted molar refractivity (Wildman–Crippen MR) is 65.1 cm³/mol. The van der Waals surface area contributed by atoms with E-state index in [-0.39, 0.29) is 11.4 Å². The fourth-order valence-corrected chi connectivity index (χ4v) is 1.72. The monoisotopic (exact) mass is 258 g/mol. The van der Waals surface area contributed by atoms with Gasteiger partial charge < -0.3 is 10.2 Å². The number of pyridine rings is 1. The SMILES string of the molecule is Cc1cc([N+](=O)[O-])cnc1C(O)C(O)CCS. The molecule has 0 aliphatic heterocycles. The van der Waals surface area contributed by atoms with E-state index in [0.29, 0.717) is 17.7 Å². The Bertz CT molecular complexity index is 413. The Morgan fingerprint density at radius 2 is 2.24 bits per heavy atom. The van der Waals surface area contributed by atoms with Gasteiger partial charge in [-0.25, -0.2) is 0 Å². The molecule has 0 saturated heterocycles. The maximum atomic E-state index is 10.5. The van der Waals surface area contributed by atoms with Crippen LogP contribution in [0.3, 0.4) is 0 Å². The van der Waals surface area contributed by atoms with Gasteiger partial charge in [0.15, 0.2) is 0 Å². The minimum atomic E-state index is -1.15. The maximum Gasteiger partial charge on any atom is 0.287 e. The zero-order chi connectivity index (χ0) is 13.0. The minimum absolute atomic E-state index is 0.137. The average Bonchev–Trinajstić information content (AvgIpc) is 2.28. The first-order chi connectivity index (χ1) is 7.97. The number of nitro groups is 1. The number of aliphatic hydroxyl groups excluding tert-OH is 2. The molecule has 94 valence electrons. The molecule has 17 heavy (non-hydrogen) atoms. The summed E-state index contributed by atoms with van der Waals surface area (Å²) in [7, 11) is 0. The molecule has 2 atom stereocenters. The lowest BCUT2D eigenvalue weighted by Crippen LogP contribution is -2.20. The van der Waals surface area contributed by atoms with Gasteiger partial charge in [0, 0.05) is 6.07 Å². The molecule has 0 bridgehead atoms. The lowest BCUT2D eigenvalue weighted by Gasteiger charge is -2.17. The molecule has 7 heteroatoms. The maximum absolute atomic E-state index is 10.5. The largest absolute Gasteiger partial charge is 0.390 e. The first kappa shape index (κ1) is 13.9. The molecule has 0 fully saturated rings. The third-order valence-corrected chi connectivity index (χ3v) is 2.64. The van der Waals surface area contributed by atoms with Crippen molar-refractivity contribution in [1.82, 2.24) is 4.98 Å². The van der Waals surface area contributed by atoms with E-state index >= 15 is 0 Å². The highest BCUT2D eigenvalue weighted by Crippen LogP contribution is 2.23. The molecule has 1 rings (SSSR count). The van der Waals surface area contributed by atoms with Crippen LogP contribution in [0.2, 0.25) is 0 Å². The number of hydrogen-bond acceptors (Lipinski definition) is 6. The Balaban J connectivity index is 2.95. The highest BCUT2D eigenvalue weighted by molar-refractivity contribution is 7.80. The summed E-state index contributed by atoms with van der Waals surface area (Å²) in [6, 6.07) is 1.32. The Morgan fingerprint density at radius 3 is 2.71 bits per heavy atom. The van der Waals surface area contributed by atoms with Crippen molar-refractivity contribution in [3.63, 3.8) is 0 Å². The van der Waals surface area contributed by atoms with Crippen LogP contribution in [-0.4, -0.2) is 32.0 Å². The van der Waals surface area contributed by atoms with Crippen molar-refractivity contribution < 1.29 is 15.1 Å². The summed E-state index contributed by atoms with van der Waals surface area (Å²) in [6.07, 6.45) is -0.732.